The van der Waals surface area contributed by atoms with Gasteiger partial charge in [0.1, 0.15) is 0 Å². The van der Waals surface area contributed by atoms with E-state index in [9.17, 15) is 0 Å². The standard InChI is InChI=1S/C17H24N2/c1-5-6-12(2)17(18-4)15-9-10-16-14(11-15)8-7-13(3)19-16/h7-12,17-18H,5-6H2,1-4H3. The van der Waals surface area contributed by atoms with Gasteiger partial charge in [-0.15, -0.1) is 0 Å². The summed E-state index contributed by atoms with van der Waals surface area (Å²) in [7, 11) is 2.05. The Kier molecular flexibility index (Phi) is 4.54. The predicted molar refractivity (Wildman–Crippen MR) is 82.4 cm³/mol. The minimum Gasteiger partial charge on any atom is -0.313 e. The van der Waals surface area contributed by atoms with E-state index < -0.39 is 0 Å². The molecule has 1 aromatic carbocycles. The van der Waals surface area contributed by atoms with Crippen molar-refractivity contribution in [2.45, 2.75) is 39.7 Å². The van der Waals surface area contributed by atoms with Crippen LogP contribution in [0.3, 0.4) is 0 Å². The first-order valence-corrected chi connectivity index (χ1v) is 7.20. The van der Waals surface area contributed by atoms with Gasteiger partial charge in [0.05, 0.1) is 5.52 Å². The summed E-state index contributed by atoms with van der Waals surface area (Å²) in [5, 5.41) is 4.69. The zero-order valence-electron chi connectivity index (χ0n) is 12.4. The fourth-order valence-electron chi connectivity index (χ4n) is 2.84. The molecule has 0 aliphatic rings. The lowest BCUT2D eigenvalue weighted by atomic mass is 9.90. The van der Waals surface area contributed by atoms with Gasteiger partial charge in [-0.2, -0.15) is 0 Å². The smallest absolute Gasteiger partial charge is 0.0705 e. The average molecular weight is 256 g/mol. The van der Waals surface area contributed by atoms with E-state index in [0.29, 0.717) is 12.0 Å². The van der Waals surface area contributed by atoms with Crippen molar-refractivity contribution in [3.8, 4) is 0 Å². The Morgan fingerprint density at radius 1 is 1.21 bits per heavy atom. The molecule has 1 heterocycles. The van der Waals surface area contributed by atoms with Crippen LogP contribution in [0.25, 0.3) is 10.9 Å². The number of aromatic nitrogens is 1. The number of benzene rings is 1. The van der Waals surface area contributed by atoms with E-state index in [1.807, 2.05) is 6.92 Å². The van der Waals surface area contributed by atoms with Gasteiger partial charge in [-0.05, 0) is 50.1 Å². The Bertz CT molecular complexity index is 548. The van der Waals surface area contributed by atoms with Gasteiger partial charge in [-0.3, -0.25) is 4.98 Å². The van der Waals surface area contributed by atoms with Crippen molar-refractivity contribution in [2.75, 3.05) is 7.05 Å². The molecule has 2 heteroatoms. The molecule has 0 saturated heterocycles. The minimum absolute atomic E-state index is 0.422. The molecule has 2 rings (SSSR count). The van der Waals surface area contributed by atoms with Gasteiger partial charge < -0.3 is 5.32 Å². The SMILES string of the molecule is CCCC(C)C(NC)c1ccc2nc(C)ccc2c1. The number of hydrogen-bond donors (Lipinski definition) is 1. The van der Waals surface area contributed by atoms with Crippen LogP contribution in [0, 0.1) is 12.8 Å². The highest BCUT2D eigenvalue weighted by Gasteiger charge is 2.17. The van der Waals surface area contributed by atoms with E-state index >= 15 is 0 Å². The highest BCUT2D eigenvalue weighted by molar-refractivity contribution is 5.79. The highest BCUT2D eigenvalue weighted by atomic mass is 14.9. The van der Waals surface area contributed by atoms with Crippen molar-refractivity contribution in [3.05, 3.63) is 41.6 Å². The lowest BCUT2D eigenvalue weighted by Crippen LogP contribution is -2.23. The molecule has 0 bridgehead atoms. The van der Waals surface area contributed by atoms with Crippen LogP contribution >= 0.6 is 0 Å². The van der Waals surface area contributed by atoms with E-state index in [1.54, 1.807) is 0 Å². The number of nitrogens with one attached hydrogen (secondary N) is 1. The van der Waals surface area contributed by atoms with Gasteiger partial charge in [-0.25, -0.2) is 0 Å². The lowest BCUT2D eigenvalue weighted by Gasteiger charge is -2.24. The van der Waals surface area contributed by atoms with Crippen molar-refractivity contribution in [3.63, 3.8) is 0 Å². The maximum absolute atomic E-state index is 4.56. The van der Waals surface area contributed by atoms with Crippen LogP contribution in [0.15, 0.2) is 30.3 Å². The predicted octanol–water partition coefficient (Wildman–Crippen LogP) is 4.24. The fourth-order valence-corrected chi connectivity index (χ4v) is 2.84. The molecule has 0 aliphatic heterocycles. The molecule has 1 aromatic heterocycles. The Morgan fingerprint density at radius 3 is 2.68 bits per heavy atom. The van der Waals surface area contributed by atoms with E-state index in [0.717, 1.165) is 11.2 Å². The third-order valence-corrected chi connectivity index (χ3v) is 3.84. The van der Waals surface area contributed by atoms with Crippen LogP contribution in [-0.4, -0.2) is 12.0 Å². The monoisotopic (exact) mass is 256 g/mol. The van der Waals surface area contributed by atoms with Gasteiger partial charge in [0.25, 0.3) is 0 Å². The van der Waals surface area contributed by atoms with Crippen molar-refractivity contribution in [2.24, 2.45) is 5.92 Å². The summed E-state index contributed by atoms with van der Waals surface area (Å²) in [4.78, 5) is 4.56. The first-order valence-electron chi connectivity index (χ1n) is 7.20. The quantitative estimate of drug-likeness (QED) is 0.865. The molecule has 0 saturated carbocycles. The summed E-state index contributed by atoms with van der Waals surface area (Å²) in [6, 6.07) is 11.3. The topological polar surface area (TPSA) is 24.9 Å². The molecule has 0 aliphatic carbocycles. The molecule has 0 amide bonds. The maximum atomic E-state index is 4.56. The first kappa shape index (κ1) is 14.0. The third kappa shape index (κ3) is 3.13. The molecule has 19 heavy (non-hydrogen) atoms. The van der Waals surface area contributed by atoms with E-state index in [4.69, 9.17) is 0 Å². The molecule has 0 spiro atoms. The van der Waals surface area contributed by atoms with Crippen LogP contribution in [0.4, 0.5) is 0 Å². The first-order chi connectivity index (χ1) is 9.15. The van der Waals surface area contributed by atoms with Crippen molar-refractivity contribution < 1.29 is 0 Å². The molecule has 2 nitrogen and oxygen atoms in total. The summed E-state index contributed by atoms with van der Waals surface area (Å²) in [5.74, 6) is 0.644. The molecular formula is C17H24N2. The summed E-state index contributed by atoms with van der Waals surface area (Å²) >= 11 is 0. The molecule has 2 unspecified atom stereocenters. The maximum Gasteiger partial charge on any atom is 0.0705 e. The molecule has 2 atom stereocenters. The average Bonchev–Trinajstić information content (AvgIpc) is 2.40. The molecule has 2 aromatic rings. The van der Waals surface area contributed by atoms with Gasteiger partial charge in [-0.1, -0.05) is 32.4 Å². The van der Waals surface area contributed by atoms with Crippen LogP contribution in [0.5, 0.6) is 0 Å². The van der Waals surface area contributed by atoms with Crippen molar-refractivity contribution in [1.82, 2.24) is 10.3 Å². The third-order valence-electron chi connectivity index (χ3n) is 3.84. The van der Waals surface area contributed by atoms with Crippen LogP contribution in [0.1, 0.15) is 44.0 Å². The van der Waals surface area contributed by atoms with Crippen LogP contribution in [-0.2, 0) is 0 Å². The molecule has 0 radical (unpaired) electrons. The summed E-state index contributed by atoms with van der Waals surface area (Å²) in [5.41, 5.74) is 3.52. The fraction of sp³-hybridized carbons (Fsp3) is 0.471. The van der Waals surface area contributed by atoms with Gasteiger partial charge in [0.15, 0.2) is 0 Å². The second-order valence-corrected chi connectivity index (χ2v) is 5.44. The largest absolute Gasteiger partial charge is 0.313 e. The van der Waals surface area contributed by atoms with Crippen LogP contribution in [0.2, 0.25) is 0 Å². The number of pyridine rings is 1. The van der Waals surface area contributed by atoms with Crippen molar-refractivity contribution in [1.29, 1.82) is 0 Å². The van der Waals surface area contributed by atoms with Gasteiger partial charge >= 0.3 is 0 Å². The Balaban J connectivity index is 2.35. The lowest BCUT2D eigenvalue weighted by molar-refractivity contribution is 0.384. The van der Waals surface area contributed by atoms with Gasteiger partial charge in [0, 0.05) is 17.1 Å². The Hall–Kier alpha value is -1.41. The van der Waals surface area contributed by atoms with E-state index in [-0.39, 0.29) is 0 Å². The summed E-state index contributed by atoms with van der Waals surface area (Å²) in [6.45, 7) is 6.60. The molecular weight excluding hydrogens is 232 g/mol. The molecule has 102 valence electrons. The normalized spacial score (nSPS) is 14.5. The minimum atomic E-state index is 0.422. The number of fused-ring (bicyclic) bond motifs is 1. The zero-order valence-corrected chi connectivity index (χ0v) is 12.4. The van der Waals surface area contributed by atoms with Crippen molar-refractivity contribution >= 4 is 10.9 Å². The second-order valence-electron chi connectivity index (χ2n) is 5.44. The number of nitrogens with zero attached hydrogens (tertiary/aromatic N) is 1. The van der Waals surface area contributed by atoms with Crippen LogP contribution < -0.4 is 5.32 Å². The molecule has 1 N–H and O–H groups in total. The number of rotatable bonds is 5. The van der Waals surface area contributed by atoms with Gasteiger partial charge in [0.2, 0.25) is 0 Å². The summed E-state index contributed by atoms with van der Waals surface area (Å²) < 4.78 is 0. The van der Waals surface area contributed by atoms with E-state index in [1.165, 1.54) is 23.8 Å². The Morgan fingerprint density at radius 2 is 2.00 bits per heavy atom. The highest BCUT2D eigenvalue weighted by Crippen LogP contribution is 2.27. The zero-order chi connectivity index (χ0) is 13.8. The second kappa shape index (κ2) is 6.16. The Labute approximate surface area is 116 Å². The summed E-state index contributed by atoms with van der Waals surface area (Å²) in [6.07, 6.45) is 2.48. The number of aryl methyl sites for hydroxylation is 1. The molecule has 0 fully saturated rings. The number of hydrogen-bond acceptors (Lipinski definition) is 2. The van der Waals surface area contributed by atoms with E-state index in [2.05, 4.69) is 61.5 Å².